The van der Waals surface area contributed by atoms with Crippen LogP contribution in [-0.4, -0.2) is 76.9 Å². The van der Waals surface area contributed by atoms with E-state index in [-0.39, 0.29) is 12.0 Å². The number of halogens is 1. The lowest BCUT2D eigenvalue weighted by molar-refractivity contribution is -0.143. The number of hydrogen-bond acceptors (Lipinski definition) is 7. The number of pyridine rings is 1. The Morgan fingerprint density at radius 2 is 2.22 bits per heavy atom. The number of fused-ring (bicyclic) bond motifs is 2. The van der Waals surface area contributed by atoms with Crippen LogP contribution in [-0.2, 0) is 22.4 Å². The topological polar surface area (TPSA) is 102 Å². The molecule has 41 heavy (non-hydrogen) atoms. The second kappa shape index (κ2) is 12.3. The van der Waals surface area contributed by atoms with Gasteiger partial charge in [0.1, 0.15) is 23.8 Å². The number of alkyl halides is 1. The summed E-state index contributed by atoms with van der Waals surface area (Å²) >= 11 is 0. The fourth-order valence-corrected chi connectivity index (χ4v) is 6.82. The minimum atomic E-state index is -0.959. The van der Waals surface area contributed by atoms with Crippen molar-refractivity contribution in [1.82, 2.24) is 19.7 Å². The van der Waals surface area contributed by atoms with Crippen LogP contribution in [0.1, 0.15) is 67.4 Å². The lowest BCUT2D eigenvalue weighted by Crippen LogP contribution is -2.34. The predicted molar refractivity (Wildman–Crippen MR) is 154 cm³/mol. The number of aliphatic carboxylic acids is 1. The summed E-state index contributed by atoms with van der Waals surface area (Å²) in [5.74, 6) is 0.722. The highest BCUT2D eigenvalue weighted by atomic mass is 19.1. The molecule has 0 amide bonds. The zero-order valence-corrected chi connectivity index (χ0v) is 23.7. The number of aromatic nitrogens is 3. The van der Waals surface area contributed by atoms with Gasteiger partial charge in [-0.15, -0.1) is 0 Å². The molecule has 220 valence electrons. The standard InChI is InChI=1S/C31H40FN5O4/c1-40-27-16-22(35-30-24(27)9-5-13-33-30)7-2-3-10-26(32)21-11-14-36(18-21)29(31(38)39)25-8-4-6-20-17-34-37(28(20)25)23-12-15-41-19-23/h4,6,8,16-17,21,23,26,29H,2-3,5,7,9-15,18-19H2,1H3,(H,33,35)(H,38,39)/t21-,23+,26-,29?/m1/s1. The van der Waals surface area contributed by atoms with Crippen molar-refractivity contribution in [2.75, 3.05) is 45.3 Å². The van der Waals surface area contributed by atoms with Crippen molar-refractivity contribution in [2.45, 2.75) is 69.6 Å². The van der Waals surface area contributed by atoms with Gasteiger partial charge in [-0.3, -0.25) is 14.4 Å². The molecule has 5 heterocycles. The molecular weight excluding hydrogens is 525 g/mol. The smallest absolute Gasteiger partial charge is 0.325 e. The lowest BCUT2D eigenvalue weighted by atomic mass is 9.97. The number of carboxylic acid groups (broad SMARTS) is 1. The van der Waals surface area contributed by atoms with Gasteiger partial charge in [0.05, 0.1) is 31.5 Å². The average Bonchev–Trinajstić information content (AvgIpc) is 3.76. The Labute approximate surface area is 240 Å². The van der Waals surface area contributed by atoms with Gasteiger partial charge in [0.25, 0.3) is 0 Å². The number of nitrogens with zero attached hydrogens (tertiary/aromatic N) is 4. The van der Waals surface area contributed by atoms with Crippen LogP contribution < -0.4 is 10.1 Å². The number of anilines is 1. The van der Waals surface area contributed by atoms with Gasteiger partial charge in [-0.2, -0.15) is 5.10 Å². The van der Waals surface area contributed by atoms with E-state index in [2.05, 4.69) is 10.4 Å². The number of unbranched alkanes of at least 4 members (excludes halogenated alkanes) is 1. The number of carboxylic acids is 1. The summed E-state index contributed by atoms with van der Waals surface area (Å²) in [4.78, 5) is 19.4. The molecule has 3 aliphatic rings. The van der Waals surface area contributed by atoms with E-state index in [4.69, 9.17) is 14.5 Å². The van der Waals surface area contributed by atoms with Gasteiger partial charge in [0.15, 0.2) is 0 Å². The normalized spacial score (nSPS) is 22.4. The highest BCUT2D eigenvalue weighted by Crippen LogP contribution is 2.36. The molecule has 2 aromatic heterocycles. The van der Waals surface area contributed by atoms with Crippen LogP contribution in [0.25, 0.3) is 10.9 Å². The van der Waals surface area contributed by atoms with Gasteiger partial charge >= 0.3 is 5.97 Å². The van der Waals surface area contributed by atoms with Crippen molar-refractivity contribution >= 4 is 22.7 Å². The van der Waals surface area contributed by atoms with E-state index in [1.165, 1.54) is 0 Å². The maximum absolute atomic E-state index is 15.4. The summed E-state index contributed by atoms with van der Waals surface area (Å²) in [6.07, 6.45) is 7.25. The third kappa shape index (κ3) is 5.77. The van der Waals surface area contributed by atoms with Crippen LogP contribution in [0.2, 0.25) is 0 Å². The largest absolute Gasteiger partial charge is 0.496 e. The second-order valence-corrected chi connectivity index (χ2v) is 11.6. The van der Waals surface area contributed by atoms with Crippen molar-refractivity contribution < 1.29 is 23.8 Å². The second-order valence-electron chi connectivity index (χ2n) is 11.6. The van der Waals surface area contributed by atoms with E-state index in [9.17, 15) is 9.90 Å². The molecule has 9 nitrogen and oxygen atoms in total. The number of likely N-dealkylation sites (tertiary alicyclic amines) is 1. The zero-order valence-electron chi connectivity index (χ0n) is 23.7. The molecule has 0 radical (unpaired) electrons. The summed E-state index contributed by atoms with van der Waals surface area (Å²) in [6.45, 7) is 3.17. The minimum Gasteiger partial charge on any atom is -0.496 e. The lowest BCUT2D eigenvalue weighted by Gasteiger charge is -2.26. The number of rotatable bonds is 11. The molecule has 2 N–H and O–H groups in total. The van der Waals surface area contributed by atoms with Gasteiger partial charge in [0.2, 0.25) is 0 Å². The number of nitrogens with one attached hydrogen (secondary N) is 1. The van der Waals surface area contributed by atoms with Crippen molar-refractivity contribution in [3.05, 3.63) is 47.3 Å². The Kier molecular flexibility index (Phi) is 8.39. The monoisotopic (exact) mass is 565 g/mol. The third-order valence-corrected chi connectivity index (χ3v) is 8.98. The number of para-hydroxylation sites is 1. The zero-order chi connectivity index (χ0) is 28.3. The Morgan fingerprint density at radius 3 is 3.02 bits per heavy atom. The molecule has 3 aliphatic heterocycles. The SMILES string of the molecule is COc1cc(CCCC[C@@H](F)[C@@H]2CCN(C(C(=O)O)c3cccc4cnn([C@H]5CCOC5)c34)C2)nc2c1CCCN2. The number of benzene rings is 1. The Morgan fingerprint density at radius 1 is 1.32 bits per heavy atom. The molecule has 2 fully saturated rings. The Hall–Kier alpha value is -3.24. The molecule has 1 unspecified atom stereocenters. The highest BCUT2D eigenvalue weighted by molar-refractivity contribution is 5.88. The van der Waals surface area contributed by atoms with Crippen molar-refractivity contribution in [2.24, 2.45) is 5.92 Å². The van der Waals surface area contributed by atoms with E-state index in [1.54, 1.807) is 13.3 Å². The molecule has 0 bridgehead atoms. The first-order chi connectivity index (χ1) is 20.0. The number of methoxy groups -OCH3 is 1. The molecule has 2 saturated heterocycles. The van der Waals surface area contributed by atoms with Crippen LogP contribution in [0.4, 0.5) is 10.2 Å². The third-order valence-electron chi connectivity index (χ3n) is 8.98. The van der Waals surface area contributed by atoms with Crippen LogP contribution in [0.15, 0.2) is 30.5 Å². The summed E-state index contributed by atoms with van der Waals surface area (Å²) in [7, 11) is 1.70. The number of ether oxygens (including phenoxy) is 2. The predicted octanol–water partition coefficient (Wildman–Crippen LogP) is 4.96. The molecule has 10 heteroatoms. The minimum absolute atomic E-state index is 0.0958. The quantitative estimate of drug-likeness (QED) is 0.315. The number of hydrogen-bond donors (Lipinski definition) is 2. The molecule has 3 aromatic rings. The van der Waals surface area contributed by atoms with Gasteiger partial charge in [0, 0.05) is 53.9 Å². The molecule has 6 rings (SSSR count). The maximum Gasteiger partial charge on any atom is 0.325 e. The molecular formula is C31H40FN5O4. The summed E-state index contributed by atoms with van der Waals surface area (Å²) < 4.78 is 28.5. The van der Waals surface area contributed by atoms with Crippen molar-refractivity contribution in [3.8, 4) is 5.75 Å². The van der Waals surface area contributed by atoms with Crippen LogP contribution >= 0.6 is 0 Å². The molecule has 0 aliphatic carbocycles. The fraction of sp³-hybridized carbons (Fsp3) is 0.581. The van der Waals surface area contributed by atoms with Gasteiger partial charge in [-0.05, 0) is 51.5 Å². The van der Waals surface area contributed by atoms with Crippen molar-refractivity contribution in [1.29, 1.82) is 0 Å². The van der Waals surface area contributed by atoms with Gasteiger partial charge in [-0.1, -0.05) is 24.6 Å². The summed E-state index contributed by atoms with van der Waals surface area (Å²) in [5, 5.41) is 19.2. The Bertz CT molecular complexity index is 1360. The van der Waals surface area contributed by atoms with E-state index in [1.807, 2.05) is 33.8 Å². The molecule has 4 atom stereocenters. The van der Waals surface area contributed by atoms with Gasteiger partial charge < -0.3 is 19.9 Å². The van der Waals surface area contributed by atoms with Gasteiger partial charge in [-0.25, -0.2) is 9.37 Å². The number of carbonyl (C=O) groups is 1. The first-order valence-electron chi connectivity index (χ1n) is 15.0. The van der Waals surface area contributed by atoms with E-state index in [0.717, 1.165) is 84.4 Å². The highest BCUT2D eigenvalue weighted by Gasteiger charge is 2.38. The Balaban J connectivity index is 1.07. The first-order valence-corrected chi connectivity index (χ1v) is 15.0. The fourth-order valence-electron chi connectivity index (χ4n) is 6.82. The van der Waals surface area contributed by atoms with Crippen LogP contribution in [0, 0.1) is 5.92 Å². The van der Waals surface area contributed by atoms with E-state index in [0.29, 0.717) is 39.1 Å². The summed E-state index contributed by atoms with van der Waals surface area (Å²) in [6, 6.07) is 7.01. The maximum atomic E-state index is 15.4. The number of aryl methyl sites for hydroxylation is 1. The van der Waals surface area contributed by atoms with E-state index >= 15 is 4.39 Å². The van der Waals surface area contributed by atoms with Crippen molar-refractivity contribution in [3.63, 3.8) is 0 Å². The summed E-state index contributed by atoms with van der Waals surface area (Å²) in [5.41, 5.74) is 3.68. The van der Waals surface area contributed by atoms with Crippen LogP contribution in [0.5, 0.6) is 5.75 Å². The van der Waals surface area contributed by atoms with Crippen LogP contribution in [0.3, 0.4) is 0 Å². The van der Waals surface area contributed by atoms with E-state index < -0.39 is 18.2 Å². The average molecular weight is 566 g/mol. The molecule has 1 aromatic carbocycles. The first kappa shape index (κ1) is 27.9. The molecule has 0 spiro atoms. The molecule has 0 saturated carbocycles.